The monoisotopic (exact) mass is 500 g/mol. The highest BCUT2D eigenvalue weighted by atomic mass is 79.9. The van der Waals surface area contributed by atoms with Gasteiger partial charge in [0.25, 0.3) is 11.7 Å². The van der Waals surface area contributed by atoms with Gasteiger partial charge in [-0.15, -0.1) is 0 Å². The maximum Gasteiger partial charge on any atom is 0.295 e. The van der Waals surface area contributed by atoms with Crippen molar-refractivity contribution in [2.45, 2.75) is 25.8 Å². The predicted octanol–water partition coefficient (Wildman–Crippen LogP) is 4.61. The lowest BCUT2D eigenvalue weighted by Crippen LogP contribution is -2.32. The van der Waals surface area contributed by atoms with E-state index in [1.165, 1.54) is 0 Å². The van der Waals surface area contributed by atoms with Gasteiger partial charge in [0.15, 0.2) is 0 Å². The van der Waals surface area contributed by atoms with Gasteiger partial charge >= 0.3 is 0 Å². The predicted molar refractivity (Wildman–Crippen MR) is 129 cm³/mol. The molecular formula is C25H29BrN2O4. The first kappa shape index (κ1) is 24.0. The zero-order valence-corrected chi connectivity index (χ0v) is 20.3. The molecule has 0 radical (unpaired) electrons. The number of carbonyl (C=O) groups excluding carboxylic acids is 2. The molecule has 0 saturated carbocycles. The molecule has 0 aromatic heterocycles. The van der Waals surface area contributed by atoms with Gasteiger partial charge in [0, 0.05) is 16.6 Å². The first-order valence-corrected chi connectivity index (χ1v) is 11.5. The number of aliphatic hydroxyl groups excluding tert-OH is 1. The Morgan fingerprint density at radius 2 is 1.91 bits per heavy atom. The molecule has 2 aromatic carbocycles. The molecule has 7 heteroatoms. The largest absolute Gasteiger partial charge is 0.507 e. The molecule has 170 valence electrons. The number of Topliss-reactive ketones (excluding diaryl/α,β-unsaturated/α-hetero) is 1. The standard InChI is InChI=1S/C25H29BrN2O4/c1-4-14-32-20-11-6-9-18(16-20)23(29)21-22(17-8-5-10-19(26)15-17)28(25(31)24(21)30)13-7-12-27(2)3/h5-6,8-11,15-16,22,29H,4,7,12-14H2,1-3H3. The van der Waals surface area contributed by atoms with E-state index in [0.29, 0.717) is 30.9 Å². The van der Waals surface area contributed by atoms with Crippen molar-refractivity contribution in [3.63, 3.8) is 0 Å². The van der Waals surface area contributed by atoms with Crippen LogP contribution in [0.25, 0.3) is 5.76 Å². The summed E-state index contributed by atoms with van der Waals surface area (Å²) in [6.07, 6.45) is 1.57. The van der Waals surface area contributed by atoms with E-state index in [2.05, 4.69) is 15.9 Å². The molecule has 0 spiro atoms. The second-order valence-electron chi connectivity index (χ2n) is 8.08. The number of benzene rings is 2. The second-order valence-corrected chi connectivity index (χ2v) is 9.00. The Morgan fingerprint density at radius 3 is 2.59 bits per heavy atom. The van der Waals surface area contributed by atoms with Gasteiger partial charge in [-0.3, -0.25) is 9.59 Å². The van der Waals surface area contributed by atoms with Crippen LogP contribution in [0, 0.1) is 0 Å². The molecule has 1 saturated heterocycles. The first-order valence-electron chi connectivity index (χ1n) is 10.7. The van der Waals surface area contributed by atoms with Crippen LogP contribution >= 0.6 is 15.9 Å². The Kier molecular flexibility index (Phi) is 8.10. The summed E-state index contributed by atoms with van der Waals surface area (Å²) in [4.78, 5) is 29.7. The van der Waals surface area contributed by atoms with E-state index in [1.54, 1.807) is 29.2 Å². The Hall–Kier alpha value is -2.64. The Labute approximate surface area is 197 Å². The molecule has 1 unspecified atom stereocenters. The topological polar surface area (TPSA) is 70.1 Å². The summed E-state index contributed by atoms with van der Waals surface area (Å²) in [7, 11) is 3.93. The third kappa shape index (κ3) is 5.40. The van der Waals surface area contributed by atoms with Crippen LogP contribution in [0.15, 0.2) is 58.6 Å². The van der Waals surface area contributed by atoms with E-state index in [1.807, 2.05) is 50.2 Å². The van der Waals surface area contributed by atoms with Crippen LogP contribution in [0.1, 0.15) is 36.9 Å². The SMILES string of the molecule is CCCOc1cccc(C(O)=C2C(=O)C(=O)N(CCCN(C)C)C2c2cccc(Br)c2)c1. The molecule has 1 aliphatic rings. The molecule has 6 nitrogen and oxygen atoms in total. The third-order valence-corrected chi connectivity index (χ3v) is 5.78. The average molecular weight is 501 g/mol. The number of hydrogen-bond donors (Lipinski definition) is 1. The van der Waals surface area contributed by atoms with Crippen molar-refractivity contribution in [2.24, 2.45) is 0 Å². The minimum atomic E-state index is -0.669. The lowest BCUT2D eigenvalue weighted by atomic mass is 9.95. The number of aliphatic hydroxyl groups is 1. The van der Waals surface area contributed by atoms with Crippen molar-refractivity contribution >= 4 is 33.4 Å². The van der Waals surface area contributed by atoms with E-state index < -0.39 is 17.7 Å². The Morgan fingerprint density at radius 1 is 1.16 bits per heavy atom. The van der Waals surface area contributed by atoms with Gasteiger partial charge in [0.2, 0.25) is 0 Å². The number of likely N-dealkylation sites (tertiary alicyclic amines) is 1. The highest BCUT2D eigenvalue weighted by Crippen LogP contribution is 2.40. The molecule has 1 heterocycles. The summed E-state index contributed by atoms with van der Waals surface area (Å²) in [6.45, 7) is 3.76. The lowest BCUT2D eigenvalue weighted by molar-refractivity contribution is -0.139. The number of nitrogens with zero attached hydrogens (tertiary/aromatic N) is 2. The molecule has 1 aliphatic heterocycles. The molecule has 0 bridgehead atoms. The number of ether oxygens (including phenoxy) is 1. The maximum atomic E-state index is 13.1. The van der Waals surface area contributed by atoms with Crippen molar-refractivity contribution in [3.8, 4) is 5.75 Å². The molecule has 2 aromatic rings. The fraction of sp³-hybridized carbons (Fsp3) is 0.360. The normalized spacial score (nSPS) is 17.9. The number of rotatable bonds is 9. The summed E-state index contributed by atoms with van der Waals surface area (Å²) < 4.78 is 6.51. The van der Waals surface area contributed by atoms with Gasteiger partial charge in [0.05, 0.1) is 18.2 Å². The molecule has 1 N–H and O–H groups in total. The number of ketones is 1. The van der Waals surface area contributed by atoms with Crippen LogP contribution in [0.5, 0.6) is 5.75 Å². The van der Waals surface area contributed by atoms with Crippen molar-refractivity contribution in [3.05, 3.63) is 69.7 Å². The van der Waals surface area contributed by atoms with Crippen molar-refractivity contribution in [1.82, 2.24) is 9.80 Å². The minimum Gasteiger partial charge on any atom is -0.507 e. The Balaban J connectivity index is 2.06. The van der Waals surface area contributed by atoms with Gasteiger partial charge in [-0.05, 0) is 63.3 Å². The van der Waals surface area contributed by atoms with E-state index in [4.69, 9.17) is 4.74 Å². The third-order valence-electron chi connectivity index (χ3n) is 5.29. The van der Waals surface area contributed by atoms with Crippen molar-refractivity contribution in [2.75, 3.05) is 33.8 Å². The van der Waals surface area contributed by atoms with Gasteiger partial charge < -0.3 is 19.6 Å². The zero-order valence-electron chi connectivity index (χ0n) is 18.7. The maximum absolute atomic E-state index is 13.1. The van der Waals surface area contributed by atoms with Crippen LogP contribution in [0.2, 0.25) is 0 Å². The summed E-state index contributed by atoms with van der Waals surface area (Å²) in [5.74, 6) is -0.841. The fourth-order valence-corrected chi connectivity index (χ4v) is 4.22. The second kappa shape index (κ2) is 10.8. The van der Waals surface area contributed by atoms with Gasteiger partial charge in [-0.1, -0.05) is 47.1 Å². The summed E-state index contributed by atoms with van der Waals surface area (Å²) in [5.41, 5.74) is 1.32. The number of amides is 1. The first-order chi connectivity index (χ1) is 15.3. The van der Waals surface area contributed by atoms with E-state index in [9.17, 15) is 14.7 Å². The highest BCUT2D eigenvalue weighted by Gasteiger charge is 2.45. The molecule has 3 rings (SSSR count). The molecule has 32 heavy (non-hydrogen) atoms. The molecular weight excluding hydrogens is 472 g/mol. The summed E-state index contributed by atoms with van der Waals surface area (Å²) in [6, 6.07) is 13.8. The van der Waals surface area contributed by atoms with Crippen molar-refractivity contribution in [1.29, 1.82) is 0 Å². The fourth-order valence-electron chi connectivity index (χ4n) is 3.80. The van der Waals surface area contributed by atoms with Crippen LogP contribution < -0.4 is 4.74 Å². The van der Waals surface area contributed by atoms with E-state index in [0.717, 1.165) is 23.0 Å². The molecule has 0 aliphatic carbocycles. The summed E-state index contributed by atoms with van der Waals surface area (Å²) >= 11 is 3.48. The van der Waals surface area contributed by atoms with Crippen molar-refractivity contribution < 1.29 is 19.4 Å². The van der Waals surface area contributed by atoms with Gasteiger partial charge in [-0.2, -0.15) is 0 Å². The van der Waals surface area contributed by atoms with Gasteiger partial charge in [0.1, 0.15) is 11.5 Å². The number of carbonyl (C=O) groups is 2. The lowest BCUT2D eigenvalue weighted by Gasteiger charge is -2.26. The van der Waals surface area contributed by atoms with Crippen LogP contribution in [0.3, 0.4) is 0 Å². The number of halogens is 1. The average Bonchev–Trinajstić information content (AvgIpc) is 3.02. The van der Waals surface area contributed by atoms with Crippen LogP contribution in [0.4, 0.5) is 0 Å². The molecule has 1 amide bonds. The minimum absolute atomic E-state index is 0.102. The van der Waals surface area contributed by atoms with Crippen LogP contribution in [-0.4, -0.2) is 60.4 Å². The smallest absolute Gasteiger partial charge is 0.295 e. The van der Waals surface area contributed by atoms with E-state index in [-0.39, 0.29) is 11.3 Å². The summed E-state index contributed by atoms with van der Waals surface area (Å²) in [5, 5.41) is 11.2. The van der Waals surface area contributed by atoms with Gasteiger partial charge in [-0.25, -0.2) is 0 Å². The quantitative estimate of drug-likeness (QED) is 0.309. The number of hydrogen-bond acceptors (Lipinski definition) is 5. The molecule has 1 atom stereocenters. The van der Waals surface area contributed by atoms with Crippen LogP contribution in [-0.2, 0) is 9.59 Å². The molecule has 1 fully saturated rings. The highest BCUT2D eigenvalue weighted by molar-refractivity contribution is 9.10. The zero-order chi connectivity index (χ0) is 23.3. The van der Waals surface area contributed by atoms with E-state index >= 15 is 0 Å². The Bertz CT molecular complexity index is 1020.